The van der Waals surface area contributed by atoms with Gasteiger partial charge in [0.2, 0.25) is 0 Å². The van der Waals surface area contributed by atoms with Crippen LogP contribution in [0.15, 0.2) is 60.2 Å². The summed E-state index contributed by atoms with van der Waals surface area (Å²) in [7, 11) is 1.51. The molecule has 1 aliphatic carbocycles. The molecule has 9 nitrogen and oxygen atoms in total. The average Bonchev–Trinajstić information content (AvgIpc) is 3.92. The van der Waals surface area contributed by atoms with E-state index in [1.807, 2.05) is 54.3 Å². The van der Waals surface area contributed by atoms with Gasteiger partial charge in [-0.25, -0.2) is 4.79 Å². The minimum absolute atomic E-state index is 0.0893. The molecule has 1 heterocycles. The van der Waals surface area contributed by atoms with Crippen LogP contribution in [0.25, 0.3) is 5.57 Å². The molecule has 256 valence electrons. The predicted molar refractivity (Wildman–Crippen MR) is 188 cm³/mol. The highest BCUT2D eigenvalue weighted by Crippen LogP contribution is 2.36. The molecule has 48 heavy (non-hydrogen) atoms. The molecule has 1 aliphatic heterocycles. The Kier molecular flexibility index (Phi) is 12.5. The zero-order valence-corrected chi connectivity index (χ0v) is 29.3. The molecule has 2 aliphatic rings. The second kappa shape index (κ2) is 16.8. The quantitative estimate of drug-likeness (QED) is 0.161. The fraction of sp³-hybridized carbons (Fsp3) is 0.389. The summed E-state index contributed by atoms with van der Waals surface area (Å²) < 4.78 is 16.8. The summed E-state index contributed by atoms with van der Waals surface area (Å²) >= 11 is 19.2. The number of alkyl carbamates (subject to hydrolysis) is 1. The van der Waals surface area contributed by atoms with Crippen LogP contribution in [0, 0.1) is 6.92 Å². The molecular weight excluding hydrogens is 677 g/mol. The molecule has 1 fully saturated rings. The van der Waals surface area contributed by atoms with Gasteiger partial charge in [-0.05, 0) is 90.9 Å². The van der Waals surface area contributed by atoms with Crippen molar-refractivity contribution in [2.75, 3.05) is 40.0 Å². The molecule has 3 aromatic rings. The Morgan fingerprint density at radius 1 is 0.958 bits per heavy atom. The molecule has 1 saturated carbocycles. The molecule has 0 saturated heterocycles. The number of amides is 2. The molecule has 2 amide bonds. The van der Waals surface area contributed by atoms with E-state index in [4.69, 9.17) is 49.0 Å². The minimum atomic E-state index is -0.500. The van der Waals surface area contributed by atoms with Crippen molar-refractivity contribution in [3.8, 4) is 11.5 Å². The van der Waals surface area contributed by atoms with Crippen LogP contribution in [0.1, 0.15) is 41.5 Å². The number of hydrogen-bond acceptors (Lipinski definition) is 7. The second-order valence-corrected chi connectivity index (χ2v) is 13.1. The summed E-state index contributed by atoms with van der Waals surface area (Å²) in [4.78, 5) is 27.7. The summed E-state index contributed by atoms with van der Waals surface area (Å²) in [6.45, 7) is 3.42. The largest absolute Gasteiger partial charge is 0.490 e. The zero-order valence-electron chi connectivity index (χ0n) is 27.0. The fourth-order valence-corrected chi connectivity index (χ4v) is 6.64. The molecule has 0 bridgehead atoms. The summed E-state index contributed by atoms with van der Waals surface area (Å²) in [5.41, 5.74) is 5.07. The van der Waals surface area contributed by atoms with Crippen molar-refractivity contribution in [1.29, 1.82) is 0 Å². The van der Waals surface area contributed by atoms with Gasteiger partial charge in [-0.15, -0.1) is 0 Å². The van der Waals surface area contributed by atoms with Crippen molar-refractivity contribution in [3.05, 3.63) is 97.5 Å². The highest BCUT2D eigenvalue weighted by molar-refractivity contribution is 6.37. The van der Waals surface area contributed by atoms with Gasteiger partial charge in [0.1, 0.15) is 19.0 Å². The van der Waals surface area contributed by atoms with Crippen molar-refractivity contribution >= 4 is 52.4 Å². The maximum atomic E-state index is 14.4. The number of aryl methyl sites for hydroxylation is 1. The van der Waals surface area contributed by atoms with Crippen molar-refractivity contribution in [2.45, 2.75) is 51.2 Å². The van der Waals surface area contributed by atoms with Crippen LogP contribution < -0.4 is 20.1 Å². The molecule has 0 unspecified atom stereocenters. The third-order valence-corrected chi connectivity index (χ3v) is 9.25. The van der Waals surface area contributed by atoms with Gasteiger partial charge in [-0.3, -0.25) is 4.79 Å². The van der Waals surface area contributed by atoms with Crippen molar-refractivity contribution in [2.24, 2.45) is 0 Å². The lowest BCUT2D eigenvalue weighted by Crippen LogP contribution is -2.46. The summed E-state index contributed by atoms with van der Waals surface area (Å²) in [6.07, 6.45) is 2.47. The van der Waals surface area contributed by atoms with Gasteiger partial charge in [0, 0.05) is 36.7 Å². The SMILES string of the molecule is CNC(=O)OCCc1ccc(Cl)c(CN(C(=O)C2=C(c3ccc(OCCOc4c(Cl)cc(C)cc4Cl)cc3)CCN[C@@H]2CO)C2CC2)c1. The van der Waals surface area contributed by atoms with Gasteiger partial charge in [0.05, 0.1) is 29.3 Å². The predicted octanol–water partition coefficient (Wildman–Crippen LogP) is 6.61. The first-order chi connectivity index (χ1) is 23.2. The third kappa shape index (κ3) is 9.15. The molecule has 5 rings (SSSR count). The van der Waals surface area contributed by atoms with E-state index in [1.165, 1.54) is 7.05 Å². The standard InChI is InChI=1S/C36H40Cl3N3O6/c1-22-17-30(38)34(31(39)18-22)47-16-15-46-27-8-4-24(5-9-27)28-11-13-41-32(21-43)33(28)35(44)42(26-6-7-26)20-25-19-23(3-10-29(25)37)12-14-48-36(45)40-2/h3-5,8-10,17-19,26,32,41,43H,6-7,11-16,20-21H2,1-2H3,(H,40,45)/t32-/m1/s1. The first-order valence-electron chi connectivity index (χ1n) is 16.0. The lowest BCUT2D eigenvalue weighted by atomic mass is 9.88. The van der Waals surface area contributed by atoms with E-state index in [-0.39, 0.29) is 38.4 Å². The van der Waals surface area contributed by atoms with Crippen LogP contribution in [-0.4, -0.2) is 74.1 Å². The monoisotopic (exact) mass is 715 g/mol. The lowest BCUT2D eigenvalue weighted by molar-refractivity contribution is -0.128. The number of carbonyl (C=O) groups is 2. The van der Waals surface area contributed by atoms with Crippen LogP contribution in [0.2, 0.25) is 15.1 Å². The van der Waals surface area contributed by atoms with Crippen LogP contribution in [0.3, 0.4) is 0 Å². The maximum Gasteiger partial charge on any atom is 0.406 e. The molecule has 1 atom stereocenters. The van der Waals surface area contributed by atoms with Gasteiger partial charge in [0.25, 0.3) is 5.91 Å². The van der Waals surface area contributed by atoms with E-state index in [1.54, 1.807) is 12.1 Å². The van der Waals surface area contributed by atoms with Crippen LogP contribution >= 0.6 is 34.8 Å². The Hall–Kier alpha value is -3.47. The van der Waals surface area contributed by atoms with Crippen molar-refractivity contribution in [3.63, 3.8) is 0 Å². The number of nitrogens with zero attached hydrogens (tertiary/aromatic N) is 1. The number of halogens is 3. The molecule has 0 spiro atoms. The zero-order chi connectivity index (χ0) is 34.2. The number of hydrogen-bond donors (Lipinski definition) is 3. The van der Waals surface area contributed by atoms with E-state index >= 15 is 0 Å². The number of aliphatic hydroxyl groups is 1. The smallest absolute Gasteiger partial charge is 0.406 e. The van der Waals surface area contributed by atoms with Crippen LogP contribution in [-0.2, 0) is 22.5 Å². The van der Waals surface area contributed by atoms with E-state index in [0.717, 1.165) is 40.7 Å². The first-order valence-corrected chi connectivity index (χ1v) is 17.1. The Balaban J connectivity index is 1.30. The van der Waals surface area contributed by atoms with E-state index in [0.29, 0.717) is 58.1 Å². The maximum absolute atomic E-state index is 14.4. The Bertz CT molecular complexity index is 1620. The summed E-state index contributed by atoms with van der Waals surface area (Å²) in [6, 6.07) is 16.5. The highest BCUT2D eigenvalue weighted by Gasteiger charge is 2.38. The highest BCUT2D eigenvalue weighted by atomic mass is 35.5. The molecule has 12 heteroatoms. The van der Waals surface area contributed by atoms with E-state index < -0.39 is 12.1 Å². The molecular formula is C36H40Cl3N3O6. The number of carbonyl (C=O) groups excluding carboxylic acids is 2. The number of benzene rings is 3. The number of rotatable bonds is 14. The number of nitrogens with one attached hydrogen (secondary N) is 2. The van der Waals surface area contributed by atoms with Gasteiger partial charge in [-0.1, -0.05) is 59.1 Å². The topological polar surface area (TPSA) is 109 Å². The Morgan fingerprint density at radius 2 is 1.67 bits per heavy atom. The lowest BCUT2D eigenvalue weighted by Gasteiger charge is -2.33. The average molecular weight is 717 g/mol. The van der Waals surface area contributed by atoms with Gasteiger partial charge in [-0.2, -0.15) is 0 Å². The van der Waals surface area contributed by atoms with Crippen molar-refractivity contribution < 1.29 is 28.9 Å². The minimum Gasteiger partial charge on any atom is -0.490 e. The number of aliphatic hydroxyl groups excluding tert-OH is 1. The Labute approximate surface area is 296 Å². The molecule has 3 N–H and O–H groups in total. The van der Waals surface area contributed by atoms with Gasteiger partial charge < -0.3 is 34.9 Å². The summed E-state index contributed by atoms with van der Waals surface area (Å²) in [5, 5.41) is 17.6. The fourth-order valence-electron chi connectivity index (χ4n) is 5.76. The molecule has 0 radical (unpaired) electrons. The second-order valence-electron chi connectivity index (χ2n) is 11.8. The van der Waals surface area contributed by atoms with Crippen molar-refractivity contribution in [1.82, 2.24) is 15.5 Å². The third-order valence-electron chi connectivity index (χ3n) is 8.32. The first kappa shape index (κ1) is 35.8. The normalized spacial score (nSPS) is 16.0. The molecule has 3 aromatic carbocycles. The van der Waals surface area contributed by atoms with Crippen LogP contribution in [0.5, 0.6) is 11.5 Å². The van der Waals surface area contributed by atoms with Gasteiger partial charge >= 0.3 is 6.09 Å². The molecule has 0 aromatic heterocycles. The Morgan fingerprint density at radius 3 is 2.33 bits per heavy atom. The van der Waals surface area contributed by atoms with Crippen LogP contribution in [0.4, 0.5) is 4.79 Å². The van der Waals surface area contributed by atoms with Gasteiger partial charge in [0.15, 0.2) is 5.75 Å². The van der Waals surface area contributed by atoms with E-state index in [9.17, 15) is 14.7 Å². The summed E-state index contributed by atoms with van der Waals surface area (Å²) in [5.74, 6) is 0.965. The van der Waals surface area contributed by atoms with E-state index in [2.05, 4.69) is 10.6 Å². The number of ether oxygens (including phenoxy) is 3.